The Hall–Kier alpha value is -0.570. The zero-order valence-electron chi connectivity index (χ0n) is 4.40. The molecule has 0 atom stereocenters. The molecule has 0 aliphatic carbocycles. The molecule has 1 N–H and O–H groups in total. The van der Waals surface area contributed by atoms with Crippen molar-refractivity contribution in [1.29, 1.82) is 0 Å². The molecule has 3 nitrogen and oxygen atoms in total. The first kappa shape index (κ1) is 7.43. The molecule has 0 fully saturated rings. The maximum Gasteiger partial charge on any atom is 0.241 e. The van der Waals surface area contributed by atoms with Crippen LogP contribution in [0, 0.1) is 0 Å². The van der Waals surface area contributed by atoms with Crippen LogP contribution in [0.4, 0.5) is 0 Å². The second kappa shape index (κ2) is 3.43. The van der Waals surface area contributed by atoms with Gasteiger partial charge < -0.3 is 0 Å². The van der Waals surface area contributed by atoms with Crippen LogP contribution in [0.15, 0.2) is 0 Å². The Labute approximate surface area is 52.0 Å². The molecule has 46 valence electrons. The van der Waals surface area contributed by atoms with Crippen molar-refractivity contribution in [2.24, 2.45) is 0 Å². The number of nitrogens with one attached hydrogen (secondary N) is 1. The summed E-state index contributed by atoms with van der Waals surface area (Å²) in [6.45, 7) is 1.25. The molecule has 0 aromatic carbocycles. The molecule has 4 heteroatoms. The van der Waals surface area contributed by atoms with Gasteiger partial charge in [0, 0.05) is 6.92 Å². The number of carbonyl (C=O) groups excluding carboxylic acids is 2. The Morgan fingerprint density at radius 1 is 1.62 bits per heavy atom. The highest BCUT2D eigenvalue weighted by atomic mass is 35.5. The number of hydrogen-bond acceptors (Lipinski definition) is 2. The maximum atomic E-state index is 10.2. The van der Waals surface area contributed by atoms with E-state index in [-0.39, 0.29) is 11.8 Å². The first-order valence-corrected chi connectivity index (χ1v) is 2.56. The van der Waals surface area contributed by atoms with Crippen LogP contribution in [-0.2, 0) is 9.59 Å². The third-order valence-corrected chi connectivity index (χ3v) is 0.680. The molecule has 0 aromatic heterocycles. The maximum absolute atomic E-state index is 10.2. The molecule has 0 aliphatic rings. The van der Waals surface area contributed by atoms with Gasteiger partial charge in [-0.25, -0.2) is 0 Å². The Morgan fingerprint density at radius 2 is 2.12 bits per heavy atom. The summed E-state index contributed by atoms with van der Waals surface area (Å²) < 4.78 is 0. The van der Waals surface area contributed by atoms with Gasteiger partial charge in [0.1, 0.15) is 5.88 Å². The summed E-state index contributed by atoms with van der Waals surface area (Å²) in [6.07, 6.45) is 0. The summed E-state index contributed by atoms with van der Waals surface area (Å²) in [5, 5.41) is 1.98. The van der Waals surface area contributed by atoms with E-state index in [2.05, 4.69) is 0 Å². The monoisotopic (exact) mass is 135 g/mol. The first-order chi connectivity index (χ1) is 3.66. The second-order valence-electron chi connectivity index (χ2n) is 1.24. The van der Waals surface area contributed by atoms with Gasteiger partial charge in [-0.05, 0) is 0 Å². The van der Waals surface area contributed by atoms with Crippen molar-refractivity contribution >= 4 is 23.4 Å². The van der Waals surface area contributed by atoms with Gasteiger partial charge in [0.2, 0.25) is 11.8 Å². The SMILES string of the molecule is CC(=O)NC(=O)CCl. The van der Waals surface area contributed by atoms with E-state index in [4.69, 9.17) is 11.6 Å². The number of halogens is 1. The van der Waals surface area contributed by atoms with Gasteiger partial charge in [0.05, 0.1) is 0 Å². The van der Waals surface area contributed by atoms with E-state index in [1.165, 1.54) is 6.92 Å². The molecule has 0 saturated heterocycles. The smallest absolute Gasteiger partial charge is 0.241 e. The molecule has 0 aromatic rings. The molecule has 0 spiro atoms. The fraction of sp³-hybridized carbons (Fsp3) is 0.500. The fourth-order valence-corrected chi connectivity index (χ4v) is 0.297. The number of imide groups is 1. The number of alkyl halides is 1. The van der Waals surface area contributed by atoms with Crippen LogP contribution in [0.2, 0.25) is 0 Å². The third-order valence-electron chi connectivity index (χ3n) is 0.437. The molecule has 0 rings (SSSR count). The van der Waals surface area contributed by atoms with E-state index in [0.717, 1.165) is 0 Å². The van der Waals surface area contributed by atoms with Crippen molar-refractivity contribution in [3.05, 3.63) is 0 Å². The normalized spacial score (nSPS) is 8.25. The van der Waals surface area contributed by atoms with Crippen molar-refractivity contribution in [2.45, 2.75) is 6.92 Å². The highest BCUT2D eigenvalue weighted by Gasteiger charge is 1.97. The van der Waals surface area contributed by atoms with Crippen molar-refractivity contribution in [3.63, 3.8) is 0 Å². The zero-order chi connectivity index (χ0) is 6.57. The lowest BCUT2D eigenvalue weighted by Crippen LogP contribution is -2.28. The van der Waals surface area contributed by atoms with Crippen LogP contribution >= 0.6 is 11.6 Å². The Morgan fingerprint density at radius 3 is 2.25 bits per heavy atom. The topological polar surface area (TPSA) is 46.2 Å². The Kier molecular flexibility index (Phi) is 3.19. The second-order valence-corrected chi connectivity index (χ2v) is 1.51. The minimum absolute atomic E-state index is 0.167. The summed E-state index contributed by atoms with van der Waals surface area (Å²) >= 11 is 5.03. The van der Waals surface area contributed by atoms with Gasteiger partial charge in [0.15, 0.2) is 0 Å². The lowest BCUT2D eigenvalue weighted by Gasteiger charge is -1.91. The first-order valence-electron chi connectivity index (χ1n) is 2.03. The van der Waals surface area contributed by atoms with Crippen LogP contribution in [0.3, 0.4) is 0 Å². The standard InChI is InChI=1S/C4H6ClNO2/c1-3(7)6-4(8)2-5/h2H2,1H3,(H,6,7,8). The quantitative estimate of drug-likeness (QED) is 0.510. The van der Waals surface area contributed by atoms with Gasteiger partial charge in [0.25, 0.3) is 0 Å². The predicted molar refractivity (Wildman–Crippen MR) is 29.5 cm³/mol. The number of rotatable bonds is 1. The average molecular weight is 136 g/mol. The van der Waals surface area contributed by atoms with Crippen molar-refractivity contribution in [3.8, 4) is 0 Å². The summed E-state index contributed by atoms with van der Waals surface area (Å²) in [6, 6.07) is 0. The number of amides is 2. The van der Waals surface area contributed by atoms with Gasteiger partial charge in [-0.1, -0.05) is 0 Å². The van der Waals surface area contributed by atoms with Crippen LogP contribution in [-0.4, -0.2) is 17.7 Å². The van der Waals surface area contributed by atoms with Gasteiger partial charge in [-0.3, -0.25) is 14.9 Å². The minimum Gasteiger partial charge on any atom is -0.296 e. The molecule has 0 saturated carbocycles. The molecule has 8 heavy (non-hydrogen) atoms. The molecule has 0 unspecified atom stereocenters. The summed E-state index contributed by atoms with van der Waals surface area (Å²) in [5.41, 5.74) is 0. The van der Waals surface area contributed by atoms with Crippen LogP contribution in [0.25, 0.3) is 0 Å². The molecule has 0 heterocycles. The van der Waals surface area contributed by atoms with E-state index >= 15 is 0 Å². The zero-order valence-corrected chi connectivity index (χ0v) is 5.16. The molecular formula is C4H6ClNO2. The van der Waals surface area contributed by atoms with E-state index in [0.29, 0.717) is 0 Å². The highest BCUT2D eigenvalue weighted by Crippen LogP contribution is 1.72. The molecule has 2 amide bonds. The van der Waals surface area contributed by atoms with E-state index in [9.17, 15) is 9.59 Å². The van der Waals surface area contributed by atoms with Gasteiger partial charge in [-0.15, -0.1) is 11.6 Å². The molecule has 0 radical (unpaired) electrons. The van der Waals surface area contributed by atoms with Gasteiger partial charge in [-0.2, -0.15) is 0 Å². The van der Waals surface area contributed by atoms with Crippen LogP contribution in [0.5, 0.6) is 0 Å². The van der Waals surface area contributed by atoms with Gasteiger partial charge >= 0.3 is 0 Å². The van der Waals surface area contributed by atoms with Crippen LogP contribution < -0.4 is 5.32 Å². The molecule has 0 aliphatic heterocycles. The van der Waals surface area contributed by atoms with E-state index < -0.39 is 5.91 Å². The largest absolute Gasteiger partial charge is 0.296 e. The fourth-order valence-electron chi connectivity index (χ4n) is 0.230. The average Bonchev–Trinajstić information content (AvgIpc) is 1.65. The lowest BCUT2D eigenvalue weighted by molar-refractivity contribution is -0.127. The van der Waals surface area contributed by atoms with Crippen molar-refractivity contribution < 1.29 is 9.59 Å². The Balaban J connectivity index is 3.40. The number of hydrogen-bond donors (Lipinski definition) is 1. The van der Waals surface area contributed by atoms with Crippen molar-refractivity contribution in [1.82, 2.24) is 5.32 Å². The van der Waals surface area contributed by atoms with Crippen LogP contribution in [0.1, 0.15) is 6.92 Å². The lowest BCUT2D eigenvalue weighted by atomic mass is 10.6. The minimum atomic E-state index is -0.459. The Bertz CT molecular complexity index is 113. The van der Waals surface area contributed by atoms with Crippen molar-refractivity contribution in [2.75, 3.05) is 5.88 Å². The highest BCUT2D eigenvalue weighted by molar-refractivity contribution is 6.28. The third kappa shape index (κ3) is 3.61. The predicted octanol–water partition coefficient (Wildman–Crippen LogP) is -0.112. The number of carbonyl (C=O) groups is 2. The molecular weight excluding hydrogens is 130 g/mol. The summed E-state index contributed by atoms with van der Waals surface area (Å²) in [7, 11) is 0. The van der Waals surface area contributed by atoms with E-state index in [1.807, 2.05) is 5.32 Å². The molecule has 0 bridgehead atoms. The summed E-state index contributed by atoms with van der Waals surface area (Å²) in [5.74, 6) is -1.01. The summed E-state index contributed by atoms with van der Waals surface area (Å²) in [4.78, 5) is 20.2. The van der Waals surface area contributed by atoms with E-state index in [1.54, 1.807) is 0 Å².